The minimum absolute atomic E-state index is 0.969. The van der Waals surface area contributed by atoms with E-state index in [1.54, 1.807) is 11.8 Å². The lowest BCUT2D eigenvalue weighted by Gasteiger charge is -2.05. The molecule has 12 heavy (non-hydrogen) atoms. The predicted molar refractivity (Wildman–Crippen MR) is 56.9 cm³/mol. The van der Waals surface area contributed by atoms with Gasteiger partial charge in [0.15, 0.2) is 0 Å². The highest BCUT2D eigenvalue weighted by molar-refractivity contribution is 7.98. The van der Waals surface area contributed by atoms with E-state index in [0.29, 0.717) is 0 Å². The first-order chi connectivity index (χ1) is 5.77. The van der Waals surface area contributed by atoms with Crippen molar-refractivity contribution in [2.24, 2.45) is 0 Å². The summed E-state index contributed by atoms with van der Waals surface area (Å²) in [4.78, 5) is 1.37. The molecule has 0 fully saturated rings. The van der Waals surface area contributed by atoms with E-state index in [4.69, 9.17) is 0 Å². The molecule has 0 N–H and O–H groups in total. The van der Waals surface area contributed by atoms with Crippen molar-refractivity contribution < 1.29 is 0 Å². The molecule has 1 aromatic carbocycles. The predicted octanol–water partition coefficient (Wildman–Crippen LogP) is 3.45. The van der Waals surface area contributed by atoms with Crippen LogP contribution in [0.2, 0.25) is 0 Å². The Kier molecular flexibility index (Phi) is 3.42. The molecular weight excluding hydrogens is 164 g/mol. The van der Waals surface area contributed by atoms with E-state index in [0.717, 1.165) is 6.42 Å². The molecule has 64 valence electrons. The molecule has 0 heterocycles. The number of hydrogen-bond acceptors (Lipinski definition) is 1. The summed E-state index contributed by atoms with van der Waals surface area (Å²) in [7, 11) is 0. The summed E-state index contributed by atoms with van der Waals surface area (Å²) in [5.41, 5.74) is 2.70. The number of allylic oxidation sites excluding steroid dienone is 1. The minimum atomic E-state index is 0.969. The second-order valence-corrected chi connectivity index (χ2v) is 3.66. The third kappa shape index (κ3) is 2.15. The van der Waals surface area contributed by atoms with Crippen LogP contribution in [0, 0.1) is 6.92 Å². The summed E-state index contributed by atoms with van der Waals surface area (Å²) >= 11 is 1.80. The van der Waals surface area contributed by atoms with Crippen LogP contribution in [0.5, 0.6) is 0 Å². The maximum absolute atomic E-state index is 3.74. The Bertz CT molecular complexity index is 276. The fraction of sp³-hybridized carbons (Fsp3) is 0.273. The van der Waals surface area contributed by atoms with E-state index >= 15 is 0 Å². The average molecular weight is 178 g/mol. The Balaban J connectivity index is 3.01. The van der Waals surface area contributed by atoms with E-state index in [1.165, 1.54) is 16.0 Å². The van der Waals surface area contributed by atoms with Gasteiger partial charge in [-0.1, -0.05) is 23.8 Å². The zero-order valence-corrected chi connectivity index (χ0v) is 8.45. The summed E-state index contributed by atoms with van der Waals surface area (Å²) in [6, 6.07) is 6.56. The molecule has 0 spiro atoms. The smallest absolute Gasteiger partial charge is 0.0107 e. The molecule has 0 radical (unpaired) electrons. The van der Waals surface area contributed by atoms with Gasteiger partial charge in [-0.05, 0) is 31.2 Å². The highest BCUT2D eigenvalue weighted by atomic mass is 32.2. The molecule has 0 nitrogen and oxygen atoms in total. The minimum Gasteiger partial charge on any atom is -0.129 e. The normalized spacial score (nSPS) is 9.83. The Morgan fingerprint density at radius 2 is 2.25 bits per heavy atom. The number of rotatable bonds is 3. The van der Waals surface area contributed by atoms with Gasteiger partial charge in [-0.2, -0.15) is 0 Å². The summed E-state index contributed by atoms with van der Waals surface area (Å²) in [5, 5.41) is 0. The molecule has 0 saturated heterocycles. The van der Waals surface area contributed by atoms with E-state index in [9.17, 15) is 0 Å². The Morgan fingerprint density at radius 1 is 1.50 bits per heavy atom. The van der Waals surface area contributed by atoms with E-state index < -0.39 is 0 Å². The quantitative estimate of drug-likeness (QED) is 0.504. The van der Waals surface area contributed by atoms with Crippen LogP contribution in [-0.4, -0.2) is 6.26 Å². The first-order valence-electron chi connectivity index (χ1n) is 4.02. The molecule has 0 bridgehead atoms. The van der Waals surface area contributed by atoms with E-state index in [1.807, 2.05) is 6.08 Å². The topological polar surface area (TPSA) is 0 Å². The number of hydrogen-bond donors (Lipinski definition) is 0. The molecule has 1 rings (SSSR count). The van der Waals surface area contributed by atoms with Crippen molar-refractivity contribution in [3.05, 3.63) is 42.0 Å². The summed E-state index contributed by atoms with van der Waals surface area (Å²) in [6.45, 7) is 5.87. The standard InChI is InChI=1S/C11H14S/c1-4-5-10-7-6-9(2)8-11(10)12-3/h4,6-8H,1,5H2,2-3H3. The van der Waals surface area contributed by atoms with Crippen molar-refractivity contribution in [3.8, 4) is 0 Å². The lowest BCUT2D eigenvalue weighted by Crippen LogP contribution is -1.86. The summed E-state index contributed by atoms with van der Waals surface area (Å²) in [6.07, 6.45) is 5.03. The average Bonchev–Trinajstić information content (AvgIpc) is 2.08. The van der Waals surface area contributed by atoms with Gasteiger partial charge in [0.1, 0.15) is 0 Å². The Morgan fingerprint density at radius 3 is 2.83 bits per heavy atom. The Hall–Kier alpha value is -0.690. The van der Waals surface area contributed by atoms with Gasteiger partial charge < -0.3 is 0 Å². The first-order valence-corrected chi connectivity index (χ1v) is 5.25. The molecule has 1 heteroatoms. The first kappa shape index (κ1) is 9.40. The summed E-state index contributed by atoms with van der Waals surface area (Å²) in [5.74, 6) is 0. The maximum atomic E-state index is 3.74. The van der Waals surface area contributed by atoms with Crippen LogP contribution >= 0.6 is 11.8 Å². The summed E-state index contributed by atoms with van der Waals surface area (Å²) < 4.78 is 0. The molecule has 0 saturated carbocycles. The SMILES string of the molecule is C=CCc1ccc(C)cc1SC. The van der Waals surface area contributed by atoms with E-state index in [2.05, 4.69) is 38.0 Å². The van der Waals surface area contributed by atoms with Gasteiger partial charge >= 0.3 is 0 Å². The number of aryl methyl sites for hydroxylation is 1. The largest absolute Gasteiger partial charge is 0.129 e. The second-order valence-electron chi connectivity index (χ2n) is 2.81. The molecule has 0 aliphatic heterocycles. The van der Waals surface area contributed by atoms with Gasteiger partial charge in [0.05, 0.1) is 0 Å². The second kappa shape index (κ2) is 4.36. The number of benzene rings is 1. The zero-order chi connectivity index (χ0) is 8.97. The van der Waals surface area contributed by atoms with Crippen molar-refractivity contribution in [1.29, 1.82) is 0 Å². The van der Waals surface area contributed by atoms with Gasteiger partial charge in [0, 0.05) is 4.90 Å². The van der Waals surface area contributed by atoms with Crippen LogP contribution in [0.4, 0.5) is 0 Å². The van der Waals surface area contributed by atoms with Gasteiger partial charge in [0.25, 0.3) is 0 Å². The van der Waals surface area contributed by atoms with Crippen LogP contribution in [0.1, 0.15) is 11.1 Å². The Labute approximate surface area is 78.7 Å². The van der Waals surface area contributed by atoms with Crippen LogP contribution in [0.15, 0.2) is 35.7 Å². The lowest BCUT2D eigenvalue weighted by molar-refractivity contribution is 1.17. The van der Waals surface area contributed by atoms with Gasteiger partial charge in [-0.25, -0.2) is 0 Å². The molecule has 0 amide bonds. The fourth-order valence-electron chi connectivity index (χ4n) is 1.18. The van der Waals surface area contributed by atoms with Crippen molar-refractivity contribution in [2.75, 3.05) is 6.26 Å². The van der Waals surface area contributed by atoms with E-state index in [-0.39, 0.29) is 0 Å². The van der Waals surface area contributed by atoms with Crippen LogP contribution in [-0.2, 0) is 6.42 Å². The van der Waals surface area contributed by atoms with Gasteiger partial charge in [-0.15, -0.1) is 18.3 Å². The highest BCUT2D eigenvalue weighted by Crippen LogP contribution is 2.22. The highest BCUT2D eigenvalue weighted by Gasteiger charge is 1.98. The van der Waals surface area contributed by atoms with Crippen molar-refractivity contribution >= 4 is 11.8 Å². The molecule has 0 aliphatic rings. The van der Waals surface area contributed by atoms with Gasteiger partial charge in [-0.3, -0.25) is 0 Å². The van der Waals surface area contributed by atoms with Gasteiger partial charge in [0.2, 0.25) is 0 Å². The van der Waals surface area contributed by atoms with Crippen molar-refractivity contribution in [1.82, 2.24) is 0 Å². The number of thioether (sulfide) groups is 1. The van der Waals surface area contributed by atoms with Crippen molar-refractivity contribution in [3.63, 3.8) is 0 Å². The monoisotopic (exact) mass is 178 g/mol. The molecule has 0 aliphatic carbocycles. The van der Waals surface area contributed by atoms with Crippen LogP contribution < -0.4 is 0 Å². The molecule has 1 aromatic rings. The molecular formula is C11H14S. The fourth-order valence-corrected chi connectivity index (χ4v) is 1.89. The molecule has 0 unspecified atom stereocenters. The van der Waals surface area contributed by atoms with Crippen LogP contribution in [0.3, 0.4) is 0 Å². The van der Waals surface area contributed by atoms with Crippen LogP contribution in [0.25, 0.3) is 0 Å². The van der Waals surface area contributed by atoms with Crippen molar-refractivity contribution in [2.45, 2.75) is 18.2 Å². The third-order valence-corrected chi connectivity index (χ3v) is 2.63. The third-order valence-electron chi connectivity index (χ3n) is 1.81. The molecule has 0 aromatic heterocycles. The zero-order valence-electron chi connectivity index (χ0n) is 7.63. The maximum Gasteiger partial charge on any atom is 0.0107 e. The molecule has 0 atom stereocenters. The lowest BCUT2D eigenvalue weighted by atomic mass is 10.1.